The second-order valence-corrected chi connectivity index (χ2v) is 10.6. The van der Waals surface area contributed by atoms with E-state index in [2.05, 4.69) is 0 Å². The molecule has 0 fully saturated rings. The van der Waals surface area contributed by atoms with Gasteiger partial charge in [-0.05, 0) is 61.6 Å². The summed E-state index contributed by atoms with van der Waals surface area (Å²) in [6.45, 7) is 0.631. The van der Waals surface area contributed by atoms with Gasteiger partial charge < -0.3 is 15.6 Å². The van der Waals surface area contributed by atoms with E-state index in [1.807, 2.05) is 0 Å². The third kappa shape index (κ3) is 8.07. The van der Waals surface area contributed by atoms with Crippen LogP contribution in [-0.2, 0) is 24.1 Å². The summed E-state index contributed by atoms with van der Waals surface area (Å²) in [6.07, 6.45) is -3.10. The van der Waals surface area contributed by atoms with Gasteiger partial charge in [-0.3, -0.25) is 18.7 Å². The van der Waals surface area contributed by atoms with Crippen LogP contribution >= 0.6 is 0 Å². The van der Waals surface area contributed by atoms with Crippen LogP contribution in [0.15, 0.2) is 82.4 Å². The highest BCUT2D eigenvalue weighted by atomic mass is 19.4. The molecule has 0 unspecified atom stereocenters. The van der Waals surface area contributed by atoms with E-state index in [1.165, 1.54) is 6.92 Å². The Morgan fingerprint density at radius 3 is 2.36 bits per heavy atom. The molecule has 1 atom stereocenters. The van der Waals surface area contributed by atoms with E-state index in [4.69, 9.17) is 15.6 Å². The average molecular weight is 628 g/mol. The maximum absolute atomic E-state index is 14.9. The highest BCUT2D eigenvalue weighted by molar-refractivity contribution is 5.67. The van der Waals surface area contributed by atoms with Gasteiger partial charge in [0.1, 0.15) is 11.6 Å². The second-order valence-electron chi connectivity index (χ2n) is 10.6. The Balaban J connectivity index is 1.79. The van der Waals surface area contributed by atoms with E-state index < -0.39 is 52.9 Å². The zero-order valence-electron chi connectivity index (χ0n) is 24.5. The number of carboxylic acids is 1. The first-order chi connectivity index (χ1) is 21.4. The van der Waals surface area contributed by atoms with Gasteiger partial charge >= 0.3 is 17.8 Å². The van der Waals surface area contributed by atoms with Gasteiger partial charge in [0.2, 0.25) is 0 Å². The predicted molar refractivity (Wildman–Crippen MR) is 161 cm³/mol. The van der Waals surface area contributed by atoms with E-state index in [0.29, 0.717) is 36.1 Å². The molecule has 0 saturated carbocycles. The fourth-order valence-electron chi connectivity index (χ4n) is 5.11. The average Bonchev–Trinajstić information content (AvgIpc) is 3.00. The van der Waals surface area contributed by atoms with Gasteiger partial charge in [0.05, 0.1) is 30.8 Å². The fraction of sp³-hybridized carbons (Fsp3) is 0.303. The minimum atomic E-state index is -4.89. The Bertz CT molecular complexity index is 1770. The molecule has 45 heavy (non-hydrogen) atoms. The monoisotopic (exact) mass is 627 g/mol. The van der Waals surface area contributed by atoms with Gasteiger partial charge in [0.25, 0.3) is 5.56 Å². The number of carbonyl (C=O) groups is 1. The molecule has 0 amide bonds. The normalized spacial score (nSPS) is 12.2. The number of ether oxygens (including phenoxy) is 1. The molecule has 238 valence electrons. The minimum Gasteiger partial charge on any atom is -0.494 e. The summed E-state index contributed by atoms with van der Waals surface area (Å²) in [5.41, 5.74) is 3.77. The van der Waals surface area contributed by atoms with Crippen molar-refractivity contribution in [1.29, 1.82) is 0 Å². The molecule has 3 aromatic carbocycles. The number of rotatable bonds is 13. The van der Waals surface area contributed by atoms with Gasteiger partial charge in [0.15, 0.2) is 0 Å². The first-order valence-corrected chi connectivity index (χ1v) is 14.3. The van der Waals surface area contributed by atoms with Crippen molar-refractivity contribution in [3.63, 3.8) is 0 Å². The quantitative estimate of drug-likeness (QED) is 0.141. The number of alkyl halides is 3. The lowest BCUT2D eigenvalue weighted by atomic mass is 10.0. The molecule has 0 saturated heterocycles. The number of carboxylic acid groups (broad SMARTS) is 1. The highest BCUT2D eigenvalue weighted by Crippen LogP contribution is 2.34. The lowest BCUT2D eigenvalue weighted by molar-refractivity contribution is -0.138. The van der Waals surface area contributed by atoms with E-state index in [0.717, 1.165) is 27.3 Å². The van der Waals surface area contributed by atoms with Crippen LogP contribution in [-0.4, -0.2) is 26.8 Å². The Hall–Kier alpha value is -4.71. The number of benzene rings is 3. The molecule has 8 nitrogen and oxygen atoms in total. The number of aliphatic carboxylic acids is 1. The summed E-state index contributed by atoms with van der Waals surface area (Å²) in [7, 11) is 0. The van der Waals surface area contributed by atoms with E-state index >= 15 is 0 Å². The molecule has 4 rings (SSSR count). The molecular weight excluding hydrogens is 594 g/mol. The lowest BCUT2D eigenvalue weighted by Gasteiger charge is -2.21. The molecule has 0 spiro atoms. The molecule has 4 aromatic rings. The molecule has 0 radical (unpaired) electrons. The largest absolute Gasteiger partial charge is 0.494 e. The Morgan fingerprint density at radius 1 is 0.956 bits per heavy atom. The summed E-state index contributed by atoms with van der Waals surface area (Å²) in [6, 6.07) is 16.9. The minimum absolute atomic E-state index is 0.0201. The van der Waals surface area contributed by atoms with Crippen molar-refractivity contribution in [3.8, 4) is 16.9 Å². The molecule has 1 aromatic heterocycles. The van der Waals surface area contributed by atoms with Gasteiger partial charge in [-0.15, -0.1) is 0 Å². The number of hydrogen-bond donors (Lipinski definition) is 2. The van der Waals surface area contributed by atoms with Crippen molar-refractivity contribution in [2.75, 3.05) is 6.61 Å². The van der Waals surface area contributed by atoms with E-state index in [1.54, 1.807) is 54.6 Å². The van der Waals surface area contributed by atoms with Crippen molar-refractivity contribution >= 4 is 5.97 Å². The summed E-state index contributed by atoms with van der Waals surface area (Å²) < 4.78 is 64.1. The maximum Gasteiger partial charge on any atom is 0.416 e. The molecule has 0 bridgehead atoms. The number of halogens is 4. The van der Waals surface area contributed by atoms with Crippen molar-refractivity contribution < 1.29 is 32.2 Å². The number of hydrogen-bond acceptors (Lipinski definition) is 5. The Morgan fingerprint density at radius 2 is 1.67 bits per heavy atom. The van der Waals surface area contributed by atoms with Crippen molar-refractivity contribution in [2.45, 2.75) is 57.9 Å². The van der Waals surface area contributed by atoms with Gasteiger partial charge in [0, 0.05) is 23.7 Å². The topological polar surface area (TPSA) is 117 Å². The maximum atomic E-state index is 14.9. The van der Waals surface area contributed by atoms with Crippen LogP contribution in [0, 0.1) is 12.7 Å². The molecule has 0 aliphatic heterocycles. The molecule has 12 heteroatoms. The molecular formula is C33H33F4N3O5. The number of nitrogens with two attached hydrogens (primary N) is 1. The molecule has 1 heterocycles. The van der Waals surface area contributed by atoms with E-state index in [9.17, 15) is 31.9 Å². The SMILES string of the molecule is Cc1c(-c2cccc(OCCCCCC(=O)O)c2)c(=O)n(C[C@H](N)c2ccccc2)c(=O)n1Cc1c(F)cccc1C(F)(F)F. The summed E-state index contributed by atoms with van der Waals surface area (Å²) in [4.78, 5) is 38.4. The third-order valence-electron chi connectivity index (χ3n) is 7.46. The van der Waals surface area contributed by atoms with Crippen LogP contribution in [0.1, 0.15) is 54.1 Å². The zero-order valence-corrected chi connectivity index (χ0v) is 24.5. The van der Waals surface area contributed by atoms with Gasteiger partial charge in [-0.1, -0.05) is 48.5 Å². The smallest absolute Gasteiger partial charge is 0.416 e. The standard InChI is InChI=1S/C33H33F4N3O5/c1-21-30(23-12-8-13-24(18-23)45-17-7-3-6-16-29(41)42)31(43)40(20-28(38)22-10-4-2-5-11-22)32(44)39(21)19-25-26(33(35,36)37)14-9-15-27(25)34/h2,4-5,8-15,18,28H,3,6-7,16-17,19-20,38H2,1H3,(H,41,42)/t28-/m0/s1. The summed E-state index contributed by atoms with van der Waals surface area (Å²) >= 11 is 0. The van der Waals surface area contributed by atoms with Gasteiger partial charge in [-0.25, -0.2) is 9.18 Å². The number of nitrogens with zero attached hydrogens (tertiary/aromatic N) is 2. The van der Waals surface area contributed by atoms with Crippen molar-refractivity contribution in [1.82, 2.24) is 9.13 Å². The van der Waals surface area contributed by atoms with Crippen LogP contribution in [0.4, 0.5) is 17.6 Å². The number of aromatic nitrogens is 2. The second kappa shape index (κ2) is 14.4. The third-order valence-corrected chi connectivity index (χ3v) is 7.46. The first-order valence-electron chi connectivity index (χ1n) is 14.3. The predicted octanol–water partition coefficient (Wildman–Crippen LogP) is 5.92. The van der Waals surface area contributed by atoms with Crippen LogP contribution < -0.4 is 21.7 Å². The van der Waals surface area contributed by atoms with Crippen LogP contribution in [0.25, 0.3) is 11.1 Å². The van der Waals surface area contributed by atoms with Gasteiger partial charge in [-0.2, -0.15) is 13.2 Å². The van der Waals surface area contributed by atoms with Crippen molar-refractivity contribution in [2.24, 2.45) is 5.73 Å². The lowest BCUT2D eigenvalue weighted by Crippen LogP contribution is -2.44. The van der Waals surface area contributed by atoms with Crippen LogP contribution in [0.5, 0.6) is 5.75 Å². The zero-order chi connectivity index (χ0) is 32.7. The summed E-state index contributed by atoms with van der Waals surface area (Å²) in [5.74, 6) is -1.63. The summed E-state index contributed by atoms with van der Waals surface area (Å²) in [5, 5.41) is 8.78. The van der Waals surface area contributed by atoms with Crippen LogP contribution in [0.3, 0.4) is 0 Å². The molecule has 0 aliphatic carbocycles. The molecule has 3 N–H and O–H groups in total. The number of unbranched alkanes of at least 4 members (excludes halogenated alkanes) is 2. The fourth-order valence-corrected chi connectivity index (χ4v) is 5.11. The Kier molecular flexibility index (Phi) is 10.6. The first kappa shape index (κ1) is 33.2. The molecule has 0 aliphatic rings. The highest BCUT2D eigenvalue weighted by Gasteiger charge is 2.35. The van der Waals surface area contributed by atoms with E-state index in [-0.39, 0.29) is 30.8 Å². The van der Waals surface area contributed by atoms with Crippen LogP contribution in [0.2, 0.25) is 0 Å². The van der Waals surface area contributed by atoms with Crippen molar-refractivity contribution in [3.05, 3.63) is 122 Å². The Labute approximate surface area is 256 Å².